The number of hydrogen-bond donors (Lipinski definition) is 1. The summed E-state index contributed by atoms with van der Waals surface area (Å²) in [5.74, 6) is -0.891. The van der Waals surface area contributed by atoms with Crippen molar-refractivity contribution in [1.82, 2.24) is 9.80 Å². The third-order valence-corrected chi connectivity index (χ3v) is 2.92. The van der Waals surface area contributed by atoms with Crippen molar-refractivity contribution < 1.29 is 14.7 Å². The zero-order valence-electron chi connectivity index (χ0n) is 9.98. The lowest BCUT2D eigenvalue weighted by molar-refractivity contribution is -0.143. The molecule has 1 saturated heterocycles. The van der Waals surface area contributed by atoms with Gasteiger partial charge in [0.1, 0.15) is 6.04 Å². The molecule has 0 aliphatic carbocycles. The second kappa shape index (κ2) is 5.72. The molecule has 5 heteroatoms. The average molecular weight is 228 g/mol. The number of carboxylic acid groups (broad SMARTS) is 1. The fourth-order valence-electron chi connectivity index (χ4n) is 2.07. The Bertz CT molecular complexity index is 268. The molecule has 1 aliphatic rings. The average Bonchev–Trinajstić information content (AvgIpc) is 2.28. The smallest absolute Gasteiger partial charge is 0.326 e. The van der Waals surface area contributed by atoms with Crippen LogP contribution in [0.2, 0.25) is 0 Å². The minimum atomic E-state index is -0.891. The number of carbonyl (C=O) groups is 2. The second-order valence-corrected chi connectivity index (χ2v) is 4.25. The number of urea groups is 1. The fourth-order valence-corrected chi connectivity index (χ4v) is 2.07. The van der Waals surface area contributed by atoms with Crippen LogP contribution in [0.25, 0.3) is 0 Å². The lowest BCUT2D eigenvalue weighted by Crippen LogP contribution is -2.52. The molecule has 92 valence electrons. The summed E-state index contributed by atoms with van der Waals surface area (Å²) in [6.45, 7) is 3.22. The first-order valence-electron chi connectivity index (χ1n) is 5.82. The maximum atomic E-state index is 12.0. The molecular formula is C11H20N2O3. The molecule has 0 aromatic heterocycles. The summed E-state index contributed by atoms with van der Waals surface area (Å²) in [5.41, 5.74) is 0. The zero-order valence-corrected chi connectivity index (χ0v) is 9.98. The molecule has 1 rings (SSSR count). The van der Waals surface area contributed by atoms with Crippen molar-refractivity contribution in [3.05, 3.63) is 0 Å². The Balaban J connectivity index is 2.67. The quantitative estimate of drug-likeness (QED) is 0.794. The normalized spacial score (nSPS) is 20.6. The van der Waals surface area contributed by atoms with Gasteiger partial charge in [-0.2, -0.15) is 0 Å². The van der Waals surface area contributed by atoms with Crippen molar-refractivity contribution in [2.75, 3.05) is 20.1 Å². The van der Waals surface area contributed by atoms with Crippen LogP contribution in [0.5, 0.6) is 0 Å². The van der Waals surface area contributed by atoms with Crippen molar-refractivity contribution in [2.45, 2.75) is 38.6 Å². The lowest BCUT2D eigenvalue weighted by atomic mass is 10.0. The molecule has 0 saturated carbocycles. The van der Waals surface area contributed by atoms with Crippen LogP contribution < -0.4 is 0 Å². The van der Waals surface area contributed by atoms with E-state index >= 15 is 0 Å². The highest BCUT2D eigenvalue weighted by Crippen LogP contribution is 2.18. The molecule has 1 heterocycles. The molecule has 16 heavy (non-hydrogen) atoms. The number of hydrogen-bond acceptors (Lipinski definition) is 2. The number of aliphatic carboxylic acids is 1. The summed E-state index contributed by atoms with van der Waals surface area (Å²) in [4.78, 5) is 26.1. The van der Waals surface area contributed by atoms with Crippen molar-refractivity contribution in [2.24, 2.45) is 0 Å². The number of carbonyl (C=O) groups excluding carboxylic acids is 1. The third kappa shape index (κ3) is 2.87. The van der Waals surface area contributed by atoms with Crippen molar-refractivity contribution in [1.29, 1.82) is 0 Å². The van der Waals surface area contributed by atoms with Gasteiger partial charge in [-0.25, -0.2) is 9.59 Å². The monoisotopic (exact) mass is 228 g/mol. The zero-order chi connectivity index (χ0) is 12.1. The Labute approximate surface area is 96.0 Å². The standard InChI is InChI=1S/C11H20N2O3/c1-3-7-12(2)11(16)13-8-5-4-6-9(13)10(14)15/h9H,3-8H2,1-2H3,(H,14,15). The number of likely N-dealkylation sites (tertiary alicyclic amines) is 1. The van der Waals surface area contributed by atoms with Crippen LogP contribution >= 0.6 is 0 Å². The van der Waals surface area contributed by atoms with E-state index in [1.807, 2.05) is 6.92 Å². The first-order chi connectivity index (χ1) is 7.57. The van der Waals surface area contributed by atoms with Crippen molar-refractivity contribution in [3.8, 4) is 0 Å². The number of nitrogens with zero attached hydrogens (tertiary/aromatic N) is 2. The first-order valence-corrected chi connectivity index (χ1v) is 5.82. The van der Waals surface area contributed by atoms with Crippen molar-refractivity contribution >= 4 is 12.0 Å². The number of amides is 2. The first kappa shape index (κ1) is 12.8. The van der Waals surface area contributed by atoms with E-state index in [1.165, 1.54) is 4.90 Å². The van der Waals surface area contributed by atoms with E-state index < -0.39 is 12.0 Å². The van der Waals surface area contributed by atoms with Gasteiger partial charge in [-0.15, -0.1) is 0 Å². The topological polar surface area (TPSA) is 60.9 Å². The molecule has 1 unspecified atom stereocenters. The van der Waals surface area contributed by atoms with E-state index in [0.717, 1.165) is 19.3 Å². The number of piperidine rings is 1. The number of carboxylic acids is 1. The van der Waals surface area contributed by atoms with Gasteiger partial charge in [0, 0.05) is 20.1 Å². The molecule has 0 aromatic rings. The van der Waals surface area contributed by atoms with Gasteiger partial charge < -0.3 is 14.9 Å². The van der Waals surface area contributed by atoms with Crippen LogP contribution in [0.1, 0.15) is 32.6 Å². The summed E-state index contributed by atoms with van der Waals surface area (Å²) < 4.78 is 0. The maximum absolute atomic E-state index is 12.0. The van der Waals surface area contributed by atoms with Gasteiger partial charge in [0.2, 0.25) is 0 Å². The minimum Gasteiger partial charge on any atom is -0.480 e. The largest absolute Gasteiger partial charge is 0.480 e. The molecule has 2 amide bonds. The Morgan fingerprint density at radius 3 is 2.69 bits per heavy atom. The van der Waals surface area contributed by atoms with Crippen LogP contribution in [-0.2, 0) is 4.79 Å². The van der Waals surface area contributed by atoms with Crippen LogP contribution in [0.3, 0.4) is 0 Å². The molecule has 1 atom stereocenters. The van der Waals surface area contributed by atoms with E-state index in [-0.39, 0.29) is 6.03 Å². The fraction of sp³-hybridized carbons (Fsp3) is 0.818. The summed E-state index contributed by atoms with van der Waals surface area (Å²) in [6.07, 6.45) is 3.24. The minimum absolute atomic E-state index is 0.158. The van der Waals surface area contributed by atoms with E-state index in [9.17, 15) is 9.59 Å². The van der Waals surface area contributed by atoms with Gasteiger partial charge in [-0.1, -0.05) is 6.92 Å². The van der Waals surface area contributed by atoms with Crippen LogP contribution in [0.4, 0.5) is 4.79 Å². The van der Waals surface area contributed by atoms with Crippen LogP contribution in [-0.4, -0.2) is 53.1 Å². The third-order valence-electron chi connectivity index (χ3n) is 2.92. The van der Waals surface area contributed by atoms with Crippen molar-refractivity contribution in [3.63, 3.8) is 0 Å². The molecule has 1 fully saturated rings. The molecule has 1 N–H and O–H groups in total. The highest BCUT2D eigenvalue weighted by Gasteiger charge is 2.33. The summed E-state index contributed by atoms with van der Waals surface area (Å²) in [6, 6.07) is -0.797. The van der Waals surface area contributed by atoms with Gasteiger partial charge in [-0.3, -0.25) is 0 Å². The van der Waals surface area contributed by atoms with Gasteiger partial charge >= 0.3 is 12.0 Å². The highest BCUT2D eigenvalue weighted by molar-refractivity contribution is 5.82. The number of rotatable bonds is 3. The molecule has 5 nitrogen and oxygen atoms in total. The maximum Gasteiger partial charge on any atom is 0.326 e. The molecular weight excluding hydrogens is 208 g/mol. The van der Waals surface area contributed by atoms with E-state index in [1.54, 1.807) is 11.9 Å². The lowest BCUT2D eigenvalue weighted by Gasteiger charge is -2.35. The van der Waals surface area contributed by atoms with Gasteiger partial charge in [0.05, 0.1) is 0 Å². The SMILES string of the molecule is CCCN(C)C(=O)N1CCCCC1C(=O)O. The Kier molecular flexibility index (Phi) is 4.58. The molecule has 0 radical (unpaired) electrons. The van der Waals surface area contributed by atoms with Crippen LogP contribution in [0, 0.1) is 0 Å². The predicted molar refractivity (Wildman–Crippen MR) is 60.3 cm³/mol. The molecule has 0 spiro atoms. The second-order valence-electron chi connectivity index (χ2n) is 4.25. The summed E-state index contributed by atoms with van der Waals surface area (Å²) in [5, 5.41) is 9.06. The Morgan fingerprint density at radius 2 is 2.12 bits per heavy atom. The Hall–Kier alpha value is -1.26. The molecule has 0 bridgehead atoms. The Morgan fingerprint density at radius 1 is 1.44 bits per heavy atom. The summed E-state index contributed by atoms with van der Waals surface area (Å²) in [7, 11) is 1.72. The molecule has 0 aromatic carbocycles. The van der Waals surface area contributed by atoms with Gasteiger partial charge in [0.25, 0.3) is 0 Å². The van der Waals surface area contributed by atoms with E-state index in [2.05, 4.69) is 0 Å². The molecule has 1 aliphatic heterocycles. The van der Waals surface area contributed by atoms with E-state index in [0.29, 0.717) is 19.5 Å². The van der Waals surface area contributed by atoms with Gasteiger partial charge in [-0.05, 0) is 25.7 Å². The van der Waals surface area contributed by atoms with E-state index in [4.69, 9.17) is 5.11 Å². The highest BCUT2D eigenvalue weighted by atomic mass is 16.4. The van der Waals surface area contributed by atoms with Crippen LogP contribution in [0.15, 0.2) is 0 Å². The summed E-state index contributed by atoms with van der Waals surface area (Å²) >= 11 is 0. The van der Waals surface area contributed by atoms with Gasteiger partial charge in [0.15, 0.2) is 0 Å². The predicted octanol–water partition coefficient (Wildman–Crippen LogP) is 1.39.